The van der Waals surface area contributed by atoms with Gasteiger partial charge in [-0.05, 0) is 47.3 Å². The van der Waals surface area contributed by atoms with Crippen molar-refractivity contribution in [1.29, 1.82) is 0 Å². The highest BCUT2D eigenvalue weighted by Crippen LogP contribution is 2.33. The van der Waals surface area contributed by atoms with Gasteiger partial charge in [0.2, 0.25) is 0 Å². The Kier molecular flexibility index (Phi) is 5.16. The number of rotatable bonds is 4. The van der Waals surface area contributed by atoms with Crippen LogP contribution in [0.2, 0.25) is 5.02 Å². The fourth-order valence-electron chi connectivity index (χ4n) is 4.11. The van der Waals surface area contributed by atoms with Gasteiger partial charge in [-0.1, -0.05) is 29.8 Å². The Morgan fingerprint density at radius 3 is 2.79 bits per heavy atom. The van der Waals surface area contributed by atoms with E-state index in [1.54, 1.807) is 18.6 Å². The third-order valence-electron chi connectivity index (χ3n) is 5.80. The predicted octanol–water partition coefficient (Wildman–Crippen LogP) is 4.55. The molecular weight excluding hydrogens is 404 g/mol. The topological polar surface area (TPSA) is 41.0 Å². The highest BCUT2D eigenvalue weighted by atomic mass is 35.5. The fraction of sp³-hybridized carbons (Fsp3) is 0.364. The van der Waals surface area contributed by atoms with E-state index in [1.807, 2.05) is 6.07 Å². The zero-order valence-corrected chi connectivity index (χ0v) is 18.0. The molecule has 29 heavy (non-hydrogen) atoms. The van der Waals surface area contributed by atoms with Crippen LogP contribution in [0.5, 0.6) is 0 Å². The summed E-state index contributed by atoms with van der Waals surface area (Å²) >= 11 is 8.11. The van der Waals surface area contributed by atoms with Crippen LogP contribution in [-0.4, -0.2) is 55.0 Å². The quantitative estimate of drug-likeness (QED) is 0.613. The van der Waals surface area contributed by atoms with Gasteiger partial charge in [-0.15, -0.1) is 0 Å². The number of halogens is 1. The summed E-state index contributed by atoms with van der Waals surface area (Å²) in [4.78, 5) is 9.40. The summed E-state index contributed by atoms with van der Waals surface area (Å²) in [5.41, 5.74) is 3.35. The van der Waals surface area contributed by atoms with Gasteiger partial charge in [0.05, 0.1) is 23.9 Å². The minimum atomic E-state index is 0.760. The van der Waals surface area contributed by atoms with Crippen LogP contribution in [0.1, 0.15) is 11.1 Å². The predicted molar refractivity (Wildman–Crippen MR) is 121 cm³/mol. The lowest BCUT2D eigenvalue weighted by molar-refractivity contribution is 0.261. The van der Waals surface area contributed by atoms with Crippen LogP contribution in [0.15, 0.2) is 41.4 Å². The lowest BCUT2D eigenvalue weighted by Crippen LogP contribution is -2.47. The summed E-state index contributed by atoms with van der Waals surface area (Å²) in [5.74, 6) is 1.90. The SMILES string of the molecule is COC1=Nc2cc(Cl)c(CCN3CCN(c4nsc5ccccc45)CC3)cc2C1. The van der Waals surface area contributed by atoms with Crippen LogP contribution in [0.4, 0.5) is 11.5 Å². The molecule has 2 aromatic carbocycles. The van der Waals surface area contributed by atoms with Crippen LogP contribution in [0.25, 0.3) is 10.1 Å². The molecule has 1 aromatic heterocycles. The molecule has 7 heteroatoms. The monoisotopic (exact) mass is 426 g/mol. The van der Waals surface area contributed by atoms with E-state index in [9.17, 15) is 0 Å². The van der Waals surface area contributed by atoms with Gasteiger partial charge in [0.15, 0.2) is 5.90 Å². The van der Waals surface area contributed by atoms with Crippen molar-refractivity contribution < 1.29 is 4.74 Å². The number of benzene rings is 2. The molecule has 2 aliphatic rings. The molecule has 150 valence electrons. The third kappa shape index (κ3) is 3.72. The summed E-state index contributed by atoms with van der Waals surface area (Å²) in [6.45, 7) is 5.13. The molecule has 1 fully saturated rings. The molecule has 0 radical (unpaired) electrons. The molecule has 0 saturated carbocycles. The number of fused-ring (bicyclic) bond motifs is 2. The van der Waals surface area contributed by atoms with Crippen molar-refractivity contribution in [3.05, 3.63) is 52.5 Å². The second kappa shape index (κ2) is 7.94. The Morgan fingerprint density at radius 2 is 1.97 bits per heavy atom. The van der Waals surface area contributed by atoms with Gasteiger partial charge in [0.1, 0.15) is 5.82 Å². The number of hydrogen-bond donors (Lipinski definition) is 0. The number of piperazine rings is 1. The van der Waals surface area contributed by atoms with E-state index < -0.39 is 0 Å². The normalized spacial score (nSPS) is 16.9. The first-order valence-corrected chi connectivity index (χ1v) is 11.1. The van der Waals surface area contributed by atoms with Gasteiger partial charge in [0, 0.05) is 43.1 Å². The van der Waals surface area contributed by atoms with Crippen LogP contribution < -0.4 is 4.90 Å². The first-order chi connectivity index (χ1) is 14.2. The molecule has 0 aliphatic carbocycles. The lowest BCUT2D eigenvalue weighted by Gasteiger charge is -2.35. The smallest absolute Gasteiger partial charge is 0.192 e. The van der Waals surface area contributed by atoms with Crippen LogP contribution in [0, 0.1) is 0 Å². The summed E-state index contributed by atoms with van der Waals surface area (Å²) in [6, 6.07) is 12.7. The highest BCUT2D eigenvalue weighted by molar-refractivity contribution is 7.13. The van der Waals surface area contributed by atoms with E-state index in [-0.39, 0.29) is 0 Å². The average Bonchev–Trinajstić information content (AvgIpc) is 3.36. The van der Waals surface area contributed by atoms with Crippen LogP contribution >= 0.6 is 23.1 Å². The number of aliphatic imine (C=N–C) groups is 1. The first-order valence-electron chi connectivity index (χ1n) is 9.96. The van der Waals surface area contributed by atoms with Gasteiger partial charge < -0.3 is 9.64 Å². The third-order valence-corrected chi connectivity index (χ3v) is 6.97. The summed E-state index contributed by atoms with van der Waals surface area (Å²) < 4.78 is 11.3. The summed E-state index contributed by atoms with van der Waals surface area (Å²) in [7, 11) is 1.67. The average molecular weight is 427 g/mol. The highest BCUT2D eigenvalue weighted by Gasteiger charge is 2.22. The number of nitrogens with zero attached hydrogens (tertiary/aromatic N) is 4. The van der Waals surface area contributed by atoms with Crippen molar-refractivity contribution in [2.75, 3.05) is 44.7 Å². The van der Waals surface area contributed by atoms with E-state index in [2.05, 4.69) is 45.1 Å². The zero-order chi connectivity index (χ0) is 19.8. The number of ether oxygens (including phenoxy) is 1. The summed E-state index contributed by atoms with van der Waals surface area (Å²) in [5, 5.41) is 2.07. The zero-order valence-electron chi connectivity index (χ0n) is 16.4. The molecule has 3 aromatic rings. The Morgan fingerprint density at radius 1 is 1.14 bits per heavy atom. The molecule has 0 atom stereocenters. The number of anilines is 1. The Hall–Kier alpha value is -2.15. The van der Waals surface area contributed by atoms with E-state index in [0.717, 1.165) is 68.0 Å². The minimum absolute atomic E-state index is 0.760. The number of aromatic nitrogens is 1. The Labute approximate surface area is 179 Å². The van der Waals surface area contributed by atoms with Crippen LogP contribution in [-0.2, 0) is 17.6 Å². The van der Waals surface area contributed by atoms with Crippen molar-refractivity contribution in [3.8, 4) is 0 Å². The van der Waals surface area contributed by atoms with E-state index in [1.165, 1.54) is 21.2 Å². The van der Waals surface area contributed by atoms with Gasteiger partial charge in [-0.2, -0.15) is 4.37 Å². The number of hydrogen-bond acceptors (Lipinski definition) is 6. The van der Waals surface area contributed by atoms with Crippen molar-refractivity contribution in [3.63, 3.8) is 0 Å². The van der Waals surface area contributed by atoms with Gasteiger partial charge in [-0.3, -0.25) is 4.90 Å². The molecule has 3 heterocycles. The minimum Gasteiger partial charge on any atom is -0.484 e. The second-order valence-corrected chi connectivity index (χ2v) is 8.75. The first kappa shape index (κ1) is 18.9. The molecule has 0 spiro atoms. The van der Waals surface area contributed by atoms with E-state index in [4.69, 9.17) is 20.7 Å². The molecule has 0 unspecified atom stereocenters. The van der Waals surface area contributed by atoms with Crippen LogP contribution in [0.3, 0.4) is 0 Å². The van der Waals surface area contributed by atoms with Crippen molar-refractivity contribution in [2.24, 2.45) is 4.99 Å². The van der Waals surface area contributed by atoms with Gasteiger partial charge in [0.25, 0.3) is 0 Å². The fourth-order valence-corrected chi connectivity index (χ4v) is 5.16. The molecule has 0 bridgehead atoms. The molecule has 0 N–H and O–H groups in total. The maximum absolute atomic E-state index is 6.52. The summed E-state index contributed by atoms with van der Waals surface area (Å²) in [6.07, 6.45) is 1.71. The maximum Gasteiger partial charge on any atom is 0.192 e. The number of methoxy groups -OCH3 is 1. The Balaban J connectivity index is 1.19. The molecular formula is C22H23ClN4OS. The van der Waals surface area contributed by atoms with Crippen molar-refractivity contribution in [1.82, 2.24) is 9.27 Å². The standard InChI is InChI=1S/C22H23ClN4OS/c1-28-21-13-16-12-15(18(23)14-19(16)24-21)6-7-26-8-10-27(11-9-26)22-17-4-2-3-5-20(17)29-25-22/h2-5,12,14H,6-11,13H2,1H3. The van der Waals surface area contributed by atoms with E-state index in [0.29, 0.717) is 0 Å². The molecule has 5 rings (SSSR count). The molecule has 2 aliphatic heterocycles. The lowest BCUT2D eigenvalue weighted by atomic mass is 10.0. The van der Waals surface area contributed by atoms with Crippen molar-refractivity contribution >= 4 is 50.6 Å². The maximum atomic E-state index is 6.52. The van der Waals surface area contributed by atoms with Gasteiger partial charge >= 0.3 is 0 Å². The molecule has 0 amide bonds. The van der Waals surface area contributed by atoms with Gasteiger partial charge in [-0.25, -0.2) is 4.99 Å². The Bertz CT molecular complexity index is 1070. The molecule has 5 nitrogen and oxygen atoms in total. The second-order valence-electron chi connectivity index (χ2n) is 7.54. The van der Waals surface area contributed by atoms with E-state index >= 15 is 0 Å². The largest absolute Gasteiger partial charge is 0.484 e. The molecule has 1 saturated heterocycles. The van der Waals surface area contributed by atoms with Crippen molar-refractivity contribution in [2.45, 2.75) is 12.8 Å².